The minimum absolute atomic E-state index is 0.0103. The summed E-state index contributed by atoms with van der Waals surface area (Å²) in [6.07, 6.45) is -0.989. The smallest absolute Gasteiger partial charge is 0.189 e. The summed E-state index contributed by atoms with van der Waals surface area (Å²) in [5.74, 6) is -1.86. The van der Waals surface area contributed by atoms with Gasteiger partial charge in [0, 0.05) is 32.1 Å². The van der Waals surface area contributed by atoms with Crippen molar-refractivity contribution in [2.75, 3.05) is 14.2 Å². The number of epoxide rings is 1. The average molecular weight is 509 g/mol. The minimum Gasteiger partial charge on any atom is -0.507 e. The molecule has 0 saturated carbocycles. The number of rotatable bonds is 11. The molecule has 2 aliphatic heterocycles. The number of aromatic hydroxyl groups is 2. The van der Waals surface area contributed by atoms with Gasteiger partial charge in [0.2, 0.25) is 0 Å². The molecule has 202 valence electrons. The molecule has 5 N–H and O–H groups in total. The number of ketones is 1. The van der Waals surface area contributed by atoms with E-state index in [4.69, 9.17) is 14.2 Å². The molecule has 10 heteroatoms. The van der Waals surface area contributed by atoms with Crippen LogP contribution in [0.1, 0.15) is 81.0 Å². The normalized spacial score (nSPS) is 29.6. The second-order valence-corrected chi connectivity index (χ2v) is 9.91. The van der Waals surface area contributed by atoms with Gasteiger partial charge < -0.3 is 40.1 Å². The number of carbonyl (C=O) groups excluding carboxylic acids is 1. The van der Waals surface area contributed by atoms with Crippen LogP contribution < -0.4 is 5.43 Å². The predicted octanol–water partition coefficient (Wildman–Crippen LogP) is 2.61. The number of aliphatic hydroxyl groups excluding tert-OH is 2. The van der Waals surface area contributed by atoms with Crippen LogP contribution in [-0.4, -0.2) is 76.8 Å². The van der Waals surface area contributed by atoms with Crippen LogP contribution in [0.4, 0.5) is 0 Å². The van der Waals surface area contributed by atoms with Gasteiger partial charge in [0.25, 0.3) is 0 Å². The maximum Gasteiger partial charge on any atom is 0.189 e. The highest BCUT2D eigenvalue weighted by Crippen LogP contribution is 2.50. The zero-order valence-electron chi connectivity index (χ0n) is 21.9. The van der Waals surface area contributed by atoms with Crippen LogP contribution in [-0.2, 0) is 14.2 Å². The number of phenolic OH excluding ortho intramolecular Hbond substituents is 2. The van der Waals surface area contributed by atoms with E-state index in [2.05, 4.69) is 10.5 Å². The third-order valence-corrected chi connectivity index (χ3v) is 7.31. The molecule has 1 aromatic carbocycles. The lowest BCUT2D eigenvalue weighted by atomic mass is 9.80. The van der Waals surface area contributed by atoms with Crippen LogP contribution in [0.5, 0.6) is 11.5 Å². The van der Waals surface area contributed by atoms with Crippen molar-refractivity contribution in [1.29, 1.82) is 0 Å². The molecule has 10 nitrogen and oxygen atoms in total. The van der Waals surface area contributed by atoms with E-state index in [0.717, 1.165) is 0 Å². The zero-order chi connectivity index (χ0) is 26.8. The van der Waals surface area contributed by atoms with E-state index in [1.54, 1.807) is 7.05 Å². The number of nitrogens with one attached hydrogen (secondary N) is 1. The molecule has 0 bridgehead atoms. The maximum absolute atomic E-state index is 13.9. The monoisotopic (exact) mass is 508 g/mol. The van der Waals surface area contributed by atoms with E-state index in [0.29, 0.717) is 24.8 Å². The van der Waals surface area contributed by atoms with Gasteiger partial charge in [-0.15, -0.1) is 0 Å². The second-order valence-electron chi connectivity index (χ2n) is 9.91. The molecule has 2 aliphatic rings. The number of benzene rings is 1. The highest BCUT2D eigenvalue weighted by molar-refractivity contribution is 6.04. The fourth-order valence-corrected chi connectivity index (χ4v) is 5.40. The number of Topliss-reactive ketones (excluding diaryl/α,β-unsaturated/α-hetero) is 1. The molecule has 7 atom stereocenters. The molecule has 2 heterocycles. The molecule has 1 spiro atoms. The Balaban J connectivity index is 2.03. The Kier molecular flexibility index (Phi) is 9.00. The minimum atomic E-state index is -1.37. The van der Waals surface area contributed by atoms with Gasteiger partial charge in [-0.3, -0.25) is 4.79 Å². The molecule has 0 aromatic heterocycles. The van der Waals surface area contributed by atoms with Crippen LogP contribution in [0.15, 0.2) is 11.2 Å². The number of hydrogen-bond donors (Lipinski definition) is 5. The summed E-state index contributed by atoms with van der Waals surface area (Å²) in [6.45, 7) is 7.66. The fraction of sp³-hybridized carbons (Fsp3) is 0.692. The number of nitrogens with zero attached hydrogens (tertiary/aromatic N) is 1. The predicted molar refractivity (Wildman–Crippen MR) is 133 cm³/mol. The molecular formula is C26H40N2O8. The van der Waals surface area contributed by atoms with E-state index in [1.807, 2.05) is 27.7 Å². The van der Waals surface area contributed by atoms with E-state index in [1.165, 1.54) is 19.4 Å². The van der Waals surface area contributed by atoms with Crippen molar-refractivity contribution in [1.82, 2.24) is 5.43 Å². The average Bonchev–Trinajstić information content (AvgIpc) is 3.58. The van der Waals surface area contributed by atoms with Crippen molar-refractivity contribution in [3.05, 3.63) is 22.8 Å². The van der Waals surface area contributed by atoms with Gasteiger partial charge in [-0.05, 0) is 24.8 Å². The van der Waals surface area contributed by atoms with Crippen LogP contribution in [0.2, 0.25) is 0 Å². The first kappa shape index (κ1) is 28.3. The largest absolute Gasteiger partial charge is 0.507 e. The maximum atomic E-state index is 13.9. The molecule has 0 aliphatic carbocycles. The van der Waals surface area contributed by atoms with Crippen LogP contribution in [0.25, 0.3) is 0 Å². The molecule has 7 unspecified atom stereocenters. The van der Waals surface area contributed by atoms with Gasteiger partial charge in [0.15, 0.2) is 17.7 Å². The Morgan fingerprint density at radius 1 is 1.31 bits per heavy atom. The number of methoxy groups -OCH3 is 1. The summed E-state index contributed by atoms with van der Waals surface area (Å²) in [5.41, 5.74) is 1.75. The summed E-state index contributed by atoms with van der Waals surface area (Å²) in [5, 5.41) is 47.5. The van der Waals surface area contributed by atoms with Crippen LogP contribution in [0.3, 0.4) is 0 Å². The molecule has 1 aromatic rings. The Bertz CT molecular complexity index is 954. The van der Waals surface area contributed by atoms with Crippen molar-refractivity contribution in [2.45, 2.75) is 89.7 Å². The van der Waals surface area contributed by atoms with E-state index in [9.17, 15) is 25.2 Å². The lowest BCUT2D eigenvalue weighted by molar-refractivity contribution is -0.239. The summed E-state index contributed by atoms with van der Waals surface area (Å²) in [6, 6.07) is 1.45. The first-order valence-corrected chi connectivity index (χ1v) is 12.6. The molecule has 2 saturated heterocycles. The Hall–Kier alpha value is -2.24. The molecule has 0 amide bonds. The third kappa shape index (κ3) is 4.97. The van der Waals surface area contributed by atoms with Crippen molar-refractivity contribution in [3.8, 4) is 11.5 Å². The van der Waals surface area contributed by atoms with E-state index in [-0.39, 0.29) is 35.3 Å². The summed E-state index contributed by atoms with van der Waals surface area (Å²) in [4.78, 5) is 13.9. The van der Waals surface area contributed by atoms with Gasteiger partial charge in [0.1, 0.15) is 11.5 Å². The van der Waals surface area contributed by atoms with Gasteiger partial charge in [-0.25, -0.2) is 0 Å². The number of phenols is 2. The quantitative estimate of drug-likeness (QED) is 0.131. The SMILES string of the molecule is CCCC(C(=O)c1cc(C(OC)C(C)C)c(O)c(/C=N/NC)c1O)C1CC(O)C2(OC2CC)C(O)O1. The third-order valence-electron chi connectivity index (χ3n) is 7.31. The lowest BCUT2D eigenvalue weighted by Gasteiger charge is -2.39. The van der Waals surface area contributed by atoms with Gasteiger partial charge in [-0.2, -0.15) is 5.10 Å². The molecule has 2 fully saturated rings. The molecular weight excluding hydrogens is 468 g/mol. The van der Waals surface area contributed by atoms with Crippen LogP contribution >= 0.6 is 0 Å². The van der Waals surface area contributed by atoms with Crippen LogP contribution in [0, 0.1) is 11.8 Å². The van der Waals surface area contributed by atoms with Crippen molar-refractivity contribution < 1.29 is 39.4 Å². The second kappa shape index (κ2) is 11.4. The van der Waals surface area contributed by atoms with Gasteiger partial charge in [-0.1, -0.05) is 34.1 Å². The number of carbonyl (C=O) groups is 1. The molecule has 36 heavy (non-hydrogen) atoms. The first-order chi connectivity index (χ1) is 17.1. The highest BCUT2D eigenvalue weighted by Gasteiger charge is 2.68. The van der Waals surface area contributed by atoms with Crippen molar-refractivity contribution in [2.24, 2.45) is 16.9 Å². The van der Waals surface area contributed by atoms with Gasteiger partial charge >= 0.3 is 0 Å². The number of ether oxygens (including phenoxy) is 3. The number of hydrazone groups is 1. The lowest BCUT2D eigenvalue weighted by Crippen LogP contribution is -2.55. The zero-order valence-corrected chi connectivity index (χ0v) is 21.9. The Labute approximate surface area is 212 Å². The Morgan fingerprint density at radius 2 is 2.00 bits per heavy atom. The summed E-state index contributed by atoms with van der Waals surface area (Å²) >= 11 is 0. The van der Waals surface area contributed by atoms with Crippen molar-refractivity contribution >= 4 is 12.0 Å². The molecule has 0 radical (unpaired) electrons. The first-order valence-electron chi connectivity index (χ1n) is 12.6. The fourth-order valence-electron chi connectivity index (χ4n) is 5.40. The van der Waals surface area contributed by atoms with Crippen molar-refractivity contribution in [3.63, 3.8) is 0 Å². The van der Waals surface area contributed by atoms with E-state index < -0.39 is 47.7 Å². The van der Waals surface area contributed by atoms with E-state index >= 15 is 0 Å². The molecule has 3 rings (SSSR count). The highest BCUT2D eigenvalue weighted by atomic mass is 16.7. The van der Waals surface area contributed by atoms with Gasteiger partial charge in [0.05, 0.1) is 41.8 Å². The standard InChI is InChI=1S/C26H40N2O8/c1-7-9-14(18-11-19(29)26(25(33)35-18)20(8-2)36-26)21(30)15-10-16(24(34-6)13(3)4)23(32)17(22(15)31)12-28-27-5/h10,12-14,18-20,24-25,27,29,31-33H,7-9,11H2,1-6H3/b28-12+. The Morgan fingerprint density at radius 3 is 2.50 bits per heavy atom. The number of aliphatic hydroxyl groups is 2. The summed E-state index contributed by atoms with van der Waals surface area (Å²) in [7, 11) is 3.08. The topological polar surface area (TPSA) is 153 Å². The number of hydrogen-bond acceptors (Lipinski definition) is 10. The summed E-state index contributed by atoms with van der Waals surface area (Å²) < 4.78 is 17.1.